The summed E-state index contributed by atoms with van der Waals surface area (Å²) in [6.07, 6.45) is 1.34. The van der Waals surface area contributed by atoms with Crippen LogP contribution in [0.15, 0.2) is 12.1 Å². The van der Waals surface area contributed by atoms with E-state index in [0.717, 1.165) is 12.2 Å². The summed E-state index contributed by atoms with van der Waals surface area (Å²) >= 11 is 0. The van der Waals surface area contributed by atoms with Gasteiger partial charge >= 0.3 is 0 Å². The summed E-state index contributed by atoms with van der Waals surface area (Å²) in [7, 11) is 0. The summed E-state index contributed by atoms with van der Waals surface area (Å²) in [6, 6.07) is 5.38. The normalized spacial score (nSPS) is 23.4. The summed E-state index contributed by atoms with van der Waals surface area (Å²) in [5.74, 6) is 1.09. The summed E-state index contributed by atoms with van der Waals surface area (Å²) < 4.78 is 5.99. The van der Waals surface area contributed by atoms with Crippen LogP contribution in [-0.2, 0) is 0 Å². The molecule has 0 bridgehead atoms. The van der Waals surface area contributed by atoms with E-state index in [2.05, 4.69) is 52.1 Å². The molecule has 2 atom stereocenters. The van der Waals surface area contributed by atoms with Gasteiger partial charge in [0, 0.05) is 24.1 Å². The third-order valence-electron chi connectivity index (χ3n) is 3.24. The zero-order valence-corrected chi connectivity index (χ0v) is 11.5. The largest absolute Gasteiger partial charge is 0.490 e. The number of rotatable bonds is 2. The Hall–Kier alpha value is -1.02. The molecule has 1 N–H and O–H groups in total. The lowest BCUT2D eigenvalue weighted by Crippen LogP contribution is -2.35. The van der Waals surface area contributed by atoms with Crippen LogP contribution in [0.25, 0.3) is 0 Å². The van der Waals surface area contributed by atoms with Crippen molar-refractivity contribution in [1.29, 1.82) is 0 Å². The molecular weight excluding hydrogens is 210 g/mol. The van der Waals surface area contributed by atoms with Crippen LogP contribution < -0.4 is 10.1 Å². The van der Waals surface area contributed by atoms with Crippen LogP contribution >= 0.6 is 0 Å². The predicted octanol–water partition coefficient (Wildman–Crippen LogP) is 3.51. The van der Waals surface area contributed by atoms with E-state index in [1.807, 2.05) is 0 Å². The van der Waals surface area contributed by atoms with Crippen molar-refractivity contribution >= 4 is 0 Å². The first-order valence-electron chi connectivity index (χ1n) is 6.51. The monoisotopic (exact) mass is 233 g/mol. The van der Waals surface area contributed by atoms with Gasteiger partial charge in [-0.15, -0.1) is 0 Å². The zero-order valence-electron chi connectivity index (χ0n) is 11.5. The Morgan fingerprint density at radius 1 is 1.29 bits per heavy atom. The molecule has 1 aromatic rings. The molecule has 2 unspecified atom stereocenters. The lowest BCUT2D eigenvalue weighted by Gasteiger charge is -2.33. The molecule has 2 nitrogen and oxygen atoms in total. The minimum atomic E-state index is 0.292. The first-order chi connectivity index (χ1) is 7.97. The Morgan fingerprint density at radius 3 is 2.65 bits per heavy atom. The van der Waals surface area contributed by atoms with Crippen LogP contribution in [0.3, 0.4) is 0 Å². The van der Waals surface area contributed by atoms with E-state index in [0.29, 0.717) is 18.2 Å². The fraction of sp³-hybridized carbons (Fsp3) is 0.600. The van der Waals surface area contributed by atoms with Crippen molar-refractivity contribution in [2.45, 2.75) is 59.2 Å². The standard InChI is InChI=1S/C15H23NO/c1-9(2)16-14-8-12(5)17-15-11(4)6-10(3)7-13(14)15/h6-7,9,12,14,16H,8H2,1-5H3. The van der Waals surface area contributed by atoms with E-state index in [1.54, 1.807) is 0 Å². The molecule has 0 radical (unpaired) electrons. The van der Waals surface area contributed by atoms with Crippen LogP contribution in [0.2, 0.25) is 0 Å². The number of hydrogen-bond donors (Lipinski definition) is 1. The molecule has 1 heterocycles. The molecule has 0 amide bonds. The van der Waals surface area contributed by atoms with E-state index >= 15 is 0 Å². The van der Waals surface area contributed by atoms with Gasteiger partial charge in [0.15, 0.2) is 0 Å². The van der Waals surface area contributed by atoms with Crippen LogP contribution in [0, 0.1) is 13.8 Å². The first kappa shape index (κ1) is 12.4. The summed E-state index contributed by atoms with van der Waals surface area (Å²) in [5.41, 5.74) is 3.89. The number of fused-ring (bicyclic) bond motifs is 1. The Balaban J connectivity index is 2.41. The number of nitrogens with one attached hydrogen (secondary N) is 1. The van der Waals surface area contributed by atoms with Crippen molar-refractivity contribution in [2.24, 2.45) is 0 Å². The van der Waals surface area contributed by atoms with Gasteiger partial charge in [0.05, 0.1) is 6.10 Å². The molecule has 1 aromatic carbocycles. The van der Waals surface area contributed by atoms with Gasteiger partial charge in [-0.25, -0.2) is 0 Å². The molecule has 0 saturated heterocycles. The van der Waals surface area contributed by atoms with Gasteiger partial charge in [-0.05, 0) is 26.3 Å². The van der Waals surface area contributed by atoms with Gasteiger partial charge in [-0.1, -0.05) is 31.5 Å². The SMILES string of the molecule is Cc1cc(C)c2c(c1)C(NC(C)C)CC(C)O2. The second-order valence-corrected chi connectivity index (χ2v) is 5.54. The Labute approximate surface area is 104 Å². The second kappa shape index (κ2) is 4.69. The Morgan fingerprint density at radius 2 is 2.00 bits per heavy atom. The Kier molecular flexibility index (Phi) is 3.43. The molecule has 2 heteroatoms. The lowest BCUT2D eigenvalue weighted by atomic mass is 9.93. The Bertz CT molecular complexity index is 412. The van der Waals surface area contributed by atoms with Gasteiger partial charge in [0.1, 0.15) is 5.75 Å². The quantitative estimate of drug-likeness (QED) is 0.844. The van der Waals surface area contributed by atoms with E-state index in [-0.39, 0.29) is 0 Å². The van der Waals surface area contributed by atoms with Crippen molar-refractivity contribution in [3.63, 3.8) is 0 Å². The first-order valence-corrected chi connectivity index (χ1v) is 6.51. The molecule has 1 aliphatic rings. The molecule has 0 spiro atoms. The maximum atomic E-state index is 5.99. The minimum Gasteiger partial charge on any atom is -0.490 e. The van der Waals surface area contributed by atoms with Crippen LogP contribution in [0.5, 0.6) is 5.75 Å². The van der Waals surface area contributed by atoms with Crippen LogP contribution in [-0.4, -0.2) is 12.1 Å². The average Bonchev–Trinajstić information content (AvgIpc) is 2.19. The fourth-order valence-electron chi connectivity index (χ4n) is 2.68. The lowest BCUT2D eigenvalue weighted by molar-refractivity contribution is 0.162. The molecule has 0 aliphatic carbocycles. The highest BCUT2D eigenvalue weighted by Gasteiger charge is 2.27. The second-order valence-electron chi connectivity index (χ2n) is 5.54. The molecule has 0 saturated carbocycles. The molecule has 94 valence electrons. The van der Waals surface area contributed by atoms with Gasteiger partial charge in [0.25, 0.3) is 0 Å². The molecule has 1 aliphatic heterocycles. The third-order valence-corrected chi connectivity index (χ3v) is 3.24. The van der Waals surface area contributed by atoms with E-state index in [1.165, 1.54) is 16.7 Å². The maximum Gasteiger partial charge on any atom is 0.127 e. The third kappa shape index (κ3) is 2.63. The van der Waals surface area contributed by atoms with Gasteiger partial charge in [0.2, 0.25) is 0 Å². The van der Waals surface area contributed by atoms with Crippen LogP contribution in [0.4, 0.5) is 0 Å². The van der Waals surface area contributed by atoms with E-state index < -0.39 is 0 Å². The minimum absolute atomic E-state index is 0.292. The predicted molar refractivity (Wildman–Crippen MR) is 71.6 cm³/mol. The van der Waals surface area contributed by atoms with Crippen molar-refractivity contribution < 1.29 is 4.74 Å². The summed E-state index contributed by atoms with van der Waals surface area (Å²) in [5, 5.41) is 3.64. The van der Waals surface area contributed by atoms with Gasteiger partial charge < -0.3 is 10.1 Å². The van der Waals surface area contributed by atoms with Crippen molar-refractivity contribution in [3.8, 4) is 5.75 Å². The number of aryl methyl sites for hydroxylation is 2. The highest BCUT2D eigenvalue weighted by atomic mass is 16.5. The van der Waals surface area contributed by atoms with E-state index in [9.17, 15) is 0 Å². The van der Waals surface area contributed by atoms with Crippen molar-refractivity contribution in [3.05, 3.63) is 28.8 Å². The average molecular weight is 233 g/mol. The molecule has 17 heavy (non-hydrogen) atoms. The smallest absolute Gasteiger partial charge is 0.127 e. The molecule has 0 fully saturated rings. The van der Waals surface area contributed by atoms with Crippen molar-refractivity contribution in [1.82, 2.24) is 5.32 Å². The number of benzene rings is 1. The maximum absolute atomic E-state index is 5.99. The van der Waals surface area contributed by atoms with Gasteiger partial charge in [-0.2, -0.15) is 0 Å². The molecule has 2 rings (SSSR count). The summed E-state index contributed by atoms with van der Waals surface area (Å²) in [6.45, 7) is 10.8. The van der Waals surface area contributed by atoms with Crippen LogP contribution in [0.1, 0.15) is 49.9 Å². The molecule has 0 aromatic heterocycles. The topological polar surface area (TPSA) is 21.3 Å². The van der Waals surface area contributed by atoms with Crippen molar-refractivity contribution in [2.75, 3.05) is 0 Å². The zero-order chi connectivity index (χ0) is 12.6. The number of ether oxygens (including phenoxy) is 1. The number of hydrogen-bond acceptors (Lipinski definition) is 2. The van der Waals surface area contributed by atoms with E-state index in [4.69, 9.17) is 4.74 Å². The highest BCUT2D eigenvalue weighted by Crippen LogP contribution is 2.38. The highest BCUT2D eigenvalue weighted by molar-refractivity contribution is 5.46. The molecular formula is C15H23NO. The fourth-order valence-corrected chi connectivity index (χ4v) is 2.68. The van der Waals surface area contributed by atoms with Gasteiger partial charge in [-0.3, -0.25) is 0 Å². The summed E-state index contributed by atoms with van der Waals surface area (Å²) in [4.78, 5) is 0.